The Morgan fingerprint density at radius 2 is 1.83 bits per heavy atom. The highest BCUT2D eigenvalue weighted by Crippen LogP contribution is 2.41. The highest BCUT2D eigenvalue weighted by atomic mass is 32.2. The van der Waals surface area contributed by atoms with Gasteiger partial charge in [-0.25, -0.2) is 13.4 Å². The Hall–Kier alpha value is -3.84. The highest BCUT2D eigenvalue weighted by Gasteiger charge is 2.41. The molecule has 3 aromatic rings. The molecule has 0 aliphatic carbocycles. The van der Waals surface area contributed by atoms with Gasteiger partial charge >= 0.3 is 12.1 Å². The number of piperazine rings is 1. The van der Waals surface area contributed by atoms with Gasteiger partial charge in [0.1, 0.15) is 5.75 Å². The summed E-state index contributed by atoms with van der Waals surface area (Å²) in [5.41, 5.74) is 1.56. The number of nitrogens with zero attached hydrogens (tertiary/aromatic N) is 4. The zero-order valence-electron chi connectivity index (χ0n) is 23.4. The number of halogens is 3. The maximum atomic E-state index is 14.1. The van der Waals surface area contributed by atoms with Crippen LogP contribution in [0.4, 0.5) is 24.7 Å². The third-order valence-corrected chi connectivity index (χ3v) is 9.34. The number of methoxy groups -OCH3 is 2. The quantitative estimate of drug-likeness (QED) is 0.368. The number of esters is 1. The lowest BCUT2D eigenvalue weighted by atomic mass is 10.0. The minimum Gasteiger partial charge on any atom is -0.497 e. The molecule has 0 bridgehead atoms. The van der Waals surface area contributed by atoms with E-state index in [2.05, 4.69) is 0 Å². The zero-order chi connectivity index (χ0) is 30.2. The summed E-state index contributed by atoms with van der Waals surface area (Å²) in [6.45, 7) is 3.91. The molecule has 0 unspecified atom stereocenters. The Morgan fingerprint density at radius 3 is 2.55 bits per heavy atom. The van der Waals surface area contributed by atoms with Crippen LogP contribution in [0, 0.1) is 6.92 Å². The number of hydrogen-bond acceptors (Lipinski definition) is 8. The monoisotopic (exact) mass is 604 g/mol. The minimum atomic E-state index is -4.70. The molecule has 0 N–H and O–H groups in total. The highest BCUT2D eigenvalue weighted by molar-refractivity contribution is 7.92. The first-order chi connectivity index (χ1) is 19.9. The normalized spacial score (nSPS) is 17.4. The fourth-order valence-corrected chi connectivity index (χ4v) is 6.97. The predicted molar refractivity (Wildman–Crippen MR) is 151 cm³/mol. The second kappa shape index (κ2) is 11.4. The van der Waals surface area contributed by atoms with Gasteiger partial charge in [0.2, 0.25) is 0 Å². The SMILES string of the molecule is COC(=O)CCN1CCN2c3ncc(-c4cc(C)cc(OC)c4)cc3N(S(=O)(=O)c3cccc(C(F)(F)F)c3)C[C@@H]2C1. The lowest BCUT2D eigenvalue weighted by Crippen LogP contribution is -2.61. The molecule has 1 saturated heterocycles. The fraction of sp³-hybridized carbons (Fsp3) is 0.379. The van der Waals surface area contributed by atoms with E-state index in [1.165, 1.54) is 13.2 Å². The molecule has 2 aliphatic rings. The summed E-state index contributed by atoms with van der Waals surface area (Å²) in [6.07, 6.45) is -2.85. The van der Waals surface area contributed by atoms with Crippen LogP contribution in [-0.2, 0) is 25.7 Å². The van der Waals surface area contributed by atoms with Gasteiger partial charge in [-0.15, -0.1) is 0 Å². The molecular formula is C29H31F3N4O5S. The number of carbonyl (C=O) groups excluding carboxylic acids is 1. The number of fused-ring (bicyclic) bond motifs is 3. The molecule has 13 heteroatoms. The van der Waals surface area contributed by atoms with Crippen molar-refractivity contribution in [2.24, 2.45) is 0 Å². The number of benzene rings is 2. The Kier molecular flexibility index (Phi) is 8.08. The molecule has 9 nitrogen and oxygen atoms in total. The first kappa shape index (κ1) is 29.6. The zero-order valence-corrected chi connectivity index (χ0v) is 24.2. The Morgan fingerprint density at radius 1 is 1.05 bits per heavy atom. The van der Waals surface area contributed by atoms with Gasteiger partial charge in [0.15, 0.2) is 5.82 Å². The lowest BCUT2D eigenvalue weighted by molar-refractivity contribution is -0.141. The molecule has 0 radical (unpaired) electrons. The summed E-state index contributed by atoms with van der Waals surface area (Å²) in [6, 6.07) is 10.7. The van der Waals surface area contributed by atoms with Gasteiger partial charge in [0, 0.05) is 37.9 Å². The third-order valence-electron chi connectivity index (χ3n) is 7.56. The van der Waals surface area contributed by atoms with E-state index in [1.54, 1.807) is 19.4 Å². The van der Waals surface area contributed by atoms with Crippen LogP contribution in [0.25, 0.3) is 11.1 Å². The van der Waals surface area contributed by atoms with E-state index in [4.69, 9.17) is 14.5 Å². The van der Waals surface area contributed by atoms with Gasteiger partial charge in [-0.2, -0.15) is 13.2 Å². The molecule has 2 aromatic carbocycles. The van der Waals surface area contributed by atoms with Crippen LogP contribution in [0.15, 0.2) is 59.6 Å². The number of carbonyl (C=O) groups is 1. The van der Waals surface area contributed by atoms with Crippen LogP contribution >= 0.6 is 0 Å². The van der Waals surface area contributed by atoms with Crippen molar-refractivity contribution in [3.63, 3.8) is 0 Å². The van der Waals surface area contributed by atoms with E-state index in [-0.39, 0.29) is 30.7 Å². The average Bonchev–Trinajstić information content (AvgIpc) is 2.98. The Bertz CT molecular complexity index is 1600. The van der Waals surface area contributed by atoms with E-state index in [0.717, 1.165) is 27.6 Å². The number of hydrogen-bond donors (Lipinski definition) is 0. The molecule has 42 heavy (non-hydrogen) atoms. The largest absolute Gasteiger partial charge is 0.497 e. The summed E-state index contributed by atoms with van der Waals surface area (Å²) in [7, 11) is -1.55. The third kappa shape index (κ3) is 5.88. The van der Waals surface area contributed by atoms with E-state index < -0.39 is 26.7 Å². The van der Waals surface area contributed by atoms with Gasteiger partial charge in [-0.1, -0.05) is 12.1 Å². The van der Waals surface area contributed by atoms with Crippen LogP contribution in [0.5, 0.6) is 5.75 Å². The number of pyridine rings is 1. The number of anilines is 2. The first-order valence-electron chi connectivity index (χ1n) is 13.3. The lowest BCUT2D eigenvalue weighted by Gasteiger charge is -2.48. The molecule has 0 saturated carbocycles. The summed E-state index contributed by atoms with van der Waals surface area (Å²) in [5.74, 6) is 0.708. The molecule has 1 aromatic heterocycles. The number of ether oxygens (including phenoxy) is 2. The predicted octanol–water partition coefficient (Wildman–Crippen LogP) is 4.35. The molecular weight excluding hydrogens is 573 g/mol. The molecule has 0 spiro atoms. The fourth-order valence-electron chi connectivity index (χ4n) is 5.43. The summed E-state index contributed by atoms with van der Waals surface area (Å²) >= 11 is 0. The maximum Gasteiger partial charge on any atom is 0.416 e. The van der Waals surface area contributed by atoms with E-state index in [1.807, 2.05) is 34.9 Å². The van der Waals surface area contributed by atoms with Crippen LogP contribution in [0.3, 0.4) is 0 Å². The second-order valence-electron chi connectivity index (χ2n) is 10.3. The topological polar surface area (TPSA) is 92.3 Å². The van der Waals surface area contributed by atoms with Crippen LogP contribution in [0.2, 0.25) is 0 Å². The Labute approximate surface area is 242 Å². The minimum absolute atomic E-state index is 0.0113. The van der Waals surface area contributed by atoms with Gasteiger partial charge < -0.3 is 14.4 Å². The molecule has 0 amide bonds. The summed E-state index contributed by atoms with van der Waals surface area (Å²) in [5, 5.41) is 0. The van der Waals surface area contributed by atoms with Crippen molar-refractivity contribution in [1.82, 2.24) is 9.88 Å². The number of alkyl halides is 3. The van der Waals surface area contributed by atoms with Crippen molar-refractivity contribution < 1.29 is 35.9 Å². The van der Waals surface area contributed by atoms with Crippen molar-refractivity contribution in [2.45, 2.75) is 30.5 Å². The average molecular weight is 605 g/mol. The number of rotatable bonds is 7. The van der Waals surface area contributed by atoms with Crippen LogP contribution in [0.1, 0.15) is 17.5 Å². The summed E-state index contributed by atoms with van der Waals surface area (Å²) < 4.78 is 80.0. The number of aromatic nitrogens is 1. The van der Waals surface area contributed by atoms with Gasteiger partial charge in [-0.3, -0.25) is 14.0 Å². The van der Waals surface area contributed by atoms with Gasteiger partial charge in [-0.05, 0) is 54.4 Å². The van der Waals surface area contributed by atoms with Crippen molar-refractivity contribution >= 4 is 27.5 Å². The van der Waals surface area contributed by atoms with Crippen molar-refractivity contribution in [2.75, 3.05) is 56.1 Å². The smallest absolute Gasteiger partial charge is 0.416 e. The van der Waals surface area contributed by atoms with E-state index in [9.17, 15) is 26.4 Å². The van der Waals surface area contributed by atoms with E-state index in [0.29, 0.717) is 49.4 Å². The van der Waals surface area contributed by atoms with Gasteiger partial charge in [0.25, 0.3) is 10.0 Å². The van der Waals surface area contributed by atoms with E-state index >= 15 is 0 Å². The Balaban J connectivity index is 1.58. The molecule has 224 valence electrons. The molecule has 5 rings (SSSR count). The summed E-state index contributed by atoms with van der Waals surface area (Å²) in [4.78, 5) is 20.0. The van der Waals surface area contributed by atoms with Gasteiger partial charge in [0.05, 0.1) is 49.4 Å². The number of sulfonamides is 1. The second-order valence-corrected chi connectivity index (χ2v) is 12.2. The molecule has 2 aliphatic heterocycles. The molecule has 1 atom stereocenters. The van der Waals surface area contributed by atoms with Crippen molar-refractivity contribution in [1.29, 1.82) is 0 Å². The van der Waals surface area contributed by atoms with Crippen LogP contribution < -0.4 is 13.9 Å². The van der Waals surface area contributed by atoms with Crippen LogP contribution in [-0.4, -0.2) is 77.3 Å². The van der Waals surface area contributed by atoms with Crippen molar-refractivity contribution in [3.05, 3.63) is 65.9 Å². The standard InChI is InChI=1S/C29H31F3N4O5S/c1-19-11-20(13-24(12-19)40-2)21-14-26-28(33-16-21)35-10-9-34(8-7-27(37)41-3)17-23(35)18-36(26)42(38,39)25-6-4-5-22(15-25)29(30,31)32/h4-6,11-16,23H,7-10,17-18H2,1-3H3/t23-/m0/s1. The number of aryl methyl sites for hydroxylation is 1. The first-order valence-corrected chi connectivity index (χ1v) is 14.8. The maximum absolute atomic E-state index is 14.1. The molecule has 3 heterocycles. The van der Waals surface area contributed by atoms with Crippen molar-refractivity contribution in [3.8, 4) is 16.9 Å². The molecule has 1 fully saturated rings.